The predicted molar refractivity (Wildman–Crippen MR) is 105 cm³/mol. The molecule has 3 aromatic rings. The van der Waals surface area contributed by atoms with E-state index >= 15 is 0 Å². The monoisotopic (exact) mass is 328 g/mol. The number of halogens is 1. The molecule has 0 saturated heterocycles. The third-order valence-corrected chi connectivity index (χ3v) is 5.53. The van der Waals surface area contributed by atoms with Gasteiger partial charge in [-0.05, 0) is 61.3 Å². The van der Waals surface area contributed by atoms with E-state index in [9.17, 15) is 0 Å². The highest BCUT2D eigenvalue weighted by molar-refractivity contribution is 6.31. The summed E-state index contributed by atoms with van der Waals surface area (Å²) in [5.41, 5.74) is 2.76. The van der Waals surface area contributed by atoms with Gasteiger partial charge in [-0.1, -0.05) is 74.0 Å². The molecule has 0 bridgehead atoms. The number of benzene rings is 3. The fraction of sp³-hybridized carbons (Fsp3) is 0.130. The largest absolute Gasteiger partial charge is 0.0843 e. The Morgan fingerprint density at radius 3 is 2.46 bits per heavy atom. The molecule has 0 saturated carbocycles. The standard InChI is InChI=1S/C23H17Cl/c1-23(2)11-5-6-14-12-19-17-8-4-3-7-16(17)18-10-9-15(24)13-20(18)21(19)22(14)23/h3-13H,1-2H3. The Kier molecular flexibility index (Phi) is 2.71. The zero-order chi connectivity index (χ0) is 16.5. The van der Waals surface area contributed by atoms with Gasteiger partial charge in [-0.2, -0.15) is 0 Å². The van der Waals surface area contributed by atoms with E-state index in [0.29, 0.717) is 0 Å². The van der Waals surface area contributed by atoms with Gasteiger partial charge in [0.15, 0.2) is 0 Å². The van der Waals surface area contributed by atoms with Crippen LogP contribution in [0.15, 0.2) is 66.3 Å². The second kappa shape index (κ2) is 4.62. The molecule has 0 nitrogen and oxygen atoms in total. The molecule has 0 atom stereocenters. The normalized spacial score (nSPS) is 17.6. The third kappa shape index (κ3) is 1.75. The Labute approximate surface area is 146 Å². The van der Waals surface area contributed by atoms with Crippen molar-refractivity contribution in [1.82, 2.24) is 0 Å². The van der Waals surface area contributed by atoms with E-state index in [2.05, 4.69) is 74.5 Å². The maximum atomic E-state index is 6.37. The molecule has 2 aliphatic rings. The van der Waals surface area contributed by atoms with Crippen molar-refractivity contribution in [3.8, 4) is 0 Å². The van der Waals surface area contributed by atoms with E-state index in [-0.39, 0.29) is 5.41 Å². The molecule has 2 aliphatic carbocycles. The van der Waals surface area contributed by atoms with E-state index in [1.54, 1.807) is 0 Å². The van der Waals surface area contributed by atoms with Crippen LogP contribution in [-0.2, 0) is 0 Å². The van der Waals surface area contributed by atoms with Gasteiger partial charge in [0.1, 0.15) is 0 Å². The molecular weight excluding hydrogens is 312 g/mol. The maximum absolute atomic E-state index is 6.37. The van der Waals surface area contributed by atoms with Crippen LogP contribution in [0.4, 0.5) is 0 Å². The van der Waals surface area contributed by atoms with Gasteiger partial charge in [-0.25, -0.2) is 0 Å². The summed E-state index contributed by atoms with van der Waals surface area (Å²) in [4.78, 5) is 0. The Bertz CT molecular complexity index is 1220. The van der Waals surface area contributed by atoms with Gasteiger partial charge >= 0.3 is 0 Å². The lowest BCUT2D eigenvalue weighted by atomic mass is 9.77. The first kappa shape index (κ1) is 14.1. The van der Waals surface area contributed by atoms with E-state index < -0.39 is 0 Å². The maximum Gasteiger partial charge on any atom is 0.0412 e. The topological polar surface area (TPSA) is 0 Å². The van der Waals surface area contributed by atoms with Crippen molar-refractivity contribution in [2.45, 2.75) is 13.8 Å². The first-order chi connectivity index (χ1) is 11.6. The van der Waals surface area contributed by atoms with Crippen LogP contribution in [0.1, 0.15) is 13.8 Å². The van der Waals surface area contributed by atoms with Gasteiger partial charge in [-0.3, -0.25) is 0 Å². The van der Waals surface area contributed by atoms with Crippen LogP contribution in [0.2, 0.25) is 5.02 Å². The van der Waals surface area contributed by atoms with Crippen molar-refractivity contribution in [2.75, 3.05) is 0 Å². The van der Waals surface area contributed by atoms with Crippen molar-refractivity contribution < 1.29 is 0 Å². The lowest BCUT2D eigenvalue weighted by Gasteiger charge is -2.27. The second-order valence-corrected chi connectivity index (χ2v) is 7.68. The van der Waals surface area contributed by atoms with Crippen LogP contribution in [-0.4, -0.2) is 0 Å². The molecule has 0 N–H and O–H groups in total. The lowest BCUT2D eigenvalue weighted by molar-refractivity contribution is 0.645. The van der Waals surface area contributed by atoms with Crippen LogP contribution in [0.5, 0.6) is 0 Å². The summed E-state index contributed by atoms with van der Waals surface area (Å²) in [6.45, 7) is 4.58. The number of hydrogen-bond acceptors (Lipinski definition) is 0. The first-order valence-corrected chi connectivity index (χ1v) is 8.70. The highest BCUT2D eigenvalue weighted by Gasteiger charge is 2.29. The molecule has 116 valence electrons. The highest BCUT2D eigenvalue weighted by atomic mass is 35.5. The average Bonchev–Trinajstić information content (AvgIpc) is 2.96. The summed E-state index contributed by atoms with van der Waals surface area (Å²) < 4.78 is 0. The van der Waals surface area contributed by atoms with Gasteiger partial charge < -0.3 is 0 Å². The smallest absolute Gasteiger partial charge is 0.0412 e. The fourth-order valence-electron chi connectivity index (χ4n) is 4.28. The Hall–Kier alpha value is -2.31. The lowest BCUT2D eigenvalue weighted by Crippen LogP contribution is -2.29. The summed E-state index contributed by atoms with van der Waals surface area (Å²) in [5, 5.41) is 8.63. The van der Waals surface area contributed by atoms with Crippen LogP contribution >= 0.6 is 11.6 Å². The zero-order valence-electron chi connectivity index (χ0n) is 13.7. The molecule has 0 aromatic heterocycles. The number of hydrogen-bond donors (Lipinski definition) is 0. The van der Waals surface area contributed by atoms with Crippen LogP contribution in [0.3, 0.4) is 0 Å². The third-order valence-electron chi connectivity index (χ3n) is 5.30. The van der Waals surface area contributed by atoms with Crippen LogP contribution in [0.25, 0.3) is 33.2 Å². The first-order valence-electron chi connectivity index (χ1n) is 8.33. The number of rotatable bonds is 0. The van der Waals surface area contributed by atoms with Gasteiger partial charge in [0, 0.05) is 10.4 Å². The summed E-state index contributed by atoms with van der Waals surface area (Å²) in [5.74, 6) is 0. The minimum absolute atomic E-state index is 0.0174. The molecule has 3 aromatic carbocycles. The van der Waals surface area contributed by atoms with Crippen molar-refractivity contribution in [3.05, 3.63) is 81.7 Å². The second-order valence-electron chi connectivity index (χ2n) is 7.25. The van der Waals surface area contributed by atoms with Gasteiger partial charge in [-0.15, -0.1) is 0 Å². The molecule has 0 amide bonds. The molecule has 0 heterocycles. The highest BCUT2D eigenvalue weighted by Crippen LogP contribution is 2.40. The van der Waals surface area contributed by atoms with Gasteiger partial charge in [0.2, 0.25) is 0 Å². The zero-order valence-corrected chi connectivity index (χ0v) is 14.5. The molecule has 1 heteroatoms. The average molecular weight is 329 g/mol. The van der Waals surface area contributed by atoms with E-state index in [4.69, 9.17) is 11.6 Å². The van der Waals surface area contributed by atoms with Crippen molar-refractivity contribution >= 4 is 44.8 Å². The number of fused-ring (bicyclic) bond motifs is 7. The molecule has 0 aliphatic heterocycles. The molecule has 24 heavy (non-hydrogen) atoms. The fourth-order valence-corrected chi connectivity index (χ4v) is 4.46. The molecular formula is C23H17Cl. The molecule has 5 rings (SSSR count). The van der Waals surface area contributed by atoms with Crippen LogP contribution < -0.4 is 10.4 Å². The summed E-state index contributed by atoms with van der Waals surface area (Å²) >= 11 is 6.37. The Morgan fingerprint density at radius 1 is 0.875 bits per heavy atom. The molecule has 0 radical (unpaired) electrons. The van der Waals surface area contributed by atoms with Crippen LogP contribution in [0, 0.1) is 5.41 Å². The summed E-state index contributed by atoms with van der Waals surface area (Å²) in [6, 6.07) is 15.0. The van der Waals surface area contributed by atoms with E-state index in [1.165, 1.54) is 43.1 Å². The van der Waals surface area contributed by atoms with E-state index in [1.807, 2.05) is 6.07 Å². The molecule has 0 spiro atoms. The van der Waals surface area contributed by atoms with Crippen molar-refractivity contribution in [1.29, 1.82) is 0 Å². The van der Waals surface area contributed by atoms with Gasteiger partial charge in [0.05, 0.1) is 0 Å². The predicted octanol–water partition coefficient (Wildman–Crippen LogP) is 5.11. The minimum atomic E-state index is 0.0174. The summed E-state index contributed by atoms with van der Waals surface area (Å²) in [7, 11) is 0. The van der Waals surface area contributed by atoms with Gasteiger partial charge in [0.25, 0.3) is 0 Å². The SMILES string of the molecule is CC1(C)C=CC=C2C=c3c(c4cc(Cl)ccc4c4ccccc34)=C21. The Morgan fingerprint density at radius 2 is 1.62 bits per heavy atom. The summed E-state index contributed by atoms with van der Waals surface area (Å²) in [6.07, 6.45) is 9.04. The molecule has 0 fully saturated rings. The van der Waals surface area contributed by atoms with Crippen molar-refractivity contribution in [2.24, 2.45) is 5.41 Å². The minimum Gasteiger partial charge on any atom is -0.0843 e. The number of allylic oxidation sites excluding steroid dienone is 4. The Balaban J connectivity index is 2.18. The molecule has 0 unspecified atom stereocenters. The van der Waals surface area contributed by atoms with E-state index in [0.717, 1.165) is 5.02 Å². The quantitative estimate of drug-likeness (QED) is 0.503. The van der Waals surface area contributed by atoms with Crippen molar-refractivity contribution in [3.63, 3.8) is 0 Å².